The molecule has 0 N–H and O–H groups in total. The second-order valence-corrected chi connectivity index (χ2v) is 10.5. The Balaban J connectivity index is 1.57. The summed E-state index contributed by atoms with van der Waals surface area (Å²) in [5, 5.41) is 4.88. The van der Waals surface area contributed by atoms with Gasteiger partial charge in [0.1, 0.15) is 5.58 Å². The van der Waals surface area contributed by atoms with Gasteiger partial charge in [0.15, 0.2) is 0 Å². The van der Waals surface area contributed by atoms with Crippen LogP contribution in [0.5, 0.6) is 0 Å². The van der Waals surface area contributed by atoms with Crippen LogP contribution in [-0.2, 0) is 5.41 Å². The molecule has 0 bridgehead atoms. The maximum absolute atomic E-state index is 12.7. The lowest BCUT2D eigenvalue weighted by Crippen LogP contribution is -2.15. The van der Waals surface area contributed by atoms with Crippen molar-refractivity contribution in [1.82, 2.24) is 4.57 Å². The Labute approximate surface area is 213 Å². The lowest BCUT2D eigenvalue weighted by Gasteiger charge is -2.21. The monoisotopic (exact) mass is 477 g/mol. The fourth-order valence-electron chi connectivity index (χ4n) is 6.52. The average Bonchev–Trinajstić information content (AvgIpc) is 3.36. The molecular formula is C34H23NO2. The Morgan fingerprint density at radius 1 is 0.622 bits per heavy atom. The van der Waals surface area contributed by atoms with Gasteiger partial charge in [-0.15, -0.1) is 0 Å². The van der Waals surface area contributed by atoms with E-state index in [1.807, 2.05) is 36.4 Å². The molecule has 5 aromatic carbocycles. The van der Waals surface area contributed by atoms with Gasteiger partial charge in [-0.25, -0.2) is 4.79 Å². The molecule has 0 radical (unpaired) electrons. The van der Waals surface area contributed by atoms with Crippen LogP contribution >= 0.6 is 0 Å². The summed E-state index contributed by atoms with van der Waals surface area (Å²) in [6.45, 7) is 4.63. The molecule has 0 saturated heterocycles. The van der Waals surface area contributed by atoms with Gasteiger partial charge in [0.05, 0.1) is 22.1 Å². The minimum Gasteiger partial charge on any atom is -0.422 e. The normalized spacial score (nSPS) is 14.0. The van der Waals surface area contributed by atoms with Crippen LogP contribution in [-0.4, -0.2) is 4.57 Å². The Morgan fingerprint density at radius 3 is 2.22 bits per heavy atom. The van der Waals surface area contributed by atoms with Gasteiger partial charge < -0.3 is 8.98 Å². The van der Waals surface area contributed by atoms with Crippen molar-refractivity contribution in [2.45, 2.75) is 19.3 Å². The van der Waals surface area contributed by atoms with Crippen molar-refractivity contribution < 1.29 is 4.42 Å². The fourth-order valence-corrected chi connectivity index (χ4v) is 6.52. The van der Waals surface area contributed by atoms with Crippen molar-refractivity contribution >= 4 is 43.5 Å². The van der Waals surface area contributed by atoms with Crippen molar-refractivity contribution in [1.29, 1.82) is 0 Å². The predicted molar refractivity (Wildman–Crippen MR) is 152 cm³/mol. The molecule has 176 valence electrons. The van der Waals surface area contributed by atoms with Gasteiger partial charge >= 0.3 is 5.63 Å². The minimum atomic E-state index is -0.306. The second kappa shape index (κ2) is 6.98. The smallest absolute Gasteiger partial charge is 0.344 e. The largest absolute Gasteiger partial charge is 0.422 e. The van der Waals surface area contributed by atoms with E-state index in [4.69, 9.17) is 4.42 Å². The molecule has 2 heterocycles. The third-order valence-electron chi connectivity index (χ3n) is 8.24. The van der Waals surface area contributed by atoms with Gasteiger partial charge in [-0.05, 0) is 58.7 Å². The van der Waals surface area contributed by atoms with Gasteiger partial charge in [0.25, 0.3) is 0 Å². The number of nitrogens with zero attached hydrogens (tertiary/aromatic N) is 1. The number of fused-ring (bicyclic) bond motifs is 9. The first kappa shape index (κ1) is 20.6. The van der Waals surface area contributed by atoms with Gasteiger partial charge in [0.2, 0.25) is 0 Å². The number of aromatic nitrogens is 1. The van der Waals surface area contributed by atoms with E-state index >= 15 is 0 Å². The van der Waals surface area contributed by atoms with Crippen molar-refractivity contribution in [2.75, 3.05) is 0 Å². The Morgan fingerprint density at radius 2 is 1.35 bits per heavy atom. The number of benzene rings is 5. The Bertz CT molecular complexity index is 2140. The molecule has 0 spiro atoms. The van der Waals surface area contributed by atoms with Crippen LogP contribution in [0.15, 0.2) is 112 Å². The van der Waals surface area contributed by atoms with Crippen LogP contribution in [0, 0.1) is 0 Å². The molecule has 0 unspecified atom stereocenters. The number of para-hydroxylation sites is 1. The standard InChI is InChI=1S/C34H23NO2/c1-34(2)26-14-7-5-10-20(26)24-18-25-21-11-6-8-15-28(21)35(30(25)19-27(24)34)29-16-9-17-31-32(29)22-12-3-4-13-23(22)33(36)37-31/h3-19H,1-2H3. The van der Waals surface area contributed by atoms with E-state index in [0.29, 0.717) is 11.0 Å². The summed E-state index contributed by atoms with van der Waals surface area (Å²) in [5.41, 5.74) is 8.83. The molecule has 2 aromatic heterocycles. The quantitative estimate of drug-likeness (QED) is 0.176. The van der Waals surface area contributed by atoms with Crippen molar-refractivity contribution in [3.8, 4) is 16.8 Å². The highest BCUT2D eigenvalue weighted by Gasteiger charge is 2.36. The van der Waals surface area contributed by atoms with Gasteiger partial charge in [0, 0.05) is 27.0 Å². The molecule has 0 amide bonds. The van der Waals surface area contributed by atoms with E-state index in [1.54, 1.807) is 0 Å². The molecule has 0 atom stereocenters. The van der Waals surface area contributed by atoms with Crippen LogP contribution in [0.1, 0.15) is 25.0 Å². The van der Waals surface area contributed by atoms with Gasteiger partial charge in [-0.1, -0.05) is 80.6 Å². The third-order valence-corrected chi connectivity index (χ3v) is 8.24. The van der Waals surface area contributed by atoms with Crippen LogP contribution in [0.3, 0.4) is 0 Å². The predicted octanol–water partition coefficient (Wildman–Crippen LogP) is 8.35. The Kier molecular flexibility index (Phi) is 3.88. The van der Waals surface area contributed by atoms with Gasteiger partial charge in [-0.3, -0.25) is 0 Å². The summed E-state index contributed by atoms with van der Waals surface area (Å²) >= 11 is 0. The van der Waals surface area contributed by atoms with E-state index in [1.165, 1.54) is 33.0 Å². The first-order valence-electron chi connectivity index (χ1n) is 12.7. The van der Waals surface area contributed by atoms with Crippen molar-refractivity contribution in [3.05, 3.63) is 125 Å². The summed E-state index contributed by atoms with van der Waals surface area (Å²) in [7, 11) is 0. The SMILES string of the molecule is CC1(C)c2ccccc2-c2cc3c4ccccc4n(-c4cccc5oc(=O)c6ccccc6c45)c3cc21. The van der Waals surface area contributed by atoms with Gasteiger partial charge in [-0.2, -0.15) is 0 Å². The molecule has 0 saturated carbocycles. The fraction of sp³-hybridized carbons (Fsp3) is 0.0882. The lowest BCUT2D eigenvalue weighted by atomic mass is 9.82. The summed E-state index contributed by atoms with van der Waals surface area (Å²) in [6, 6.07) is 35.8. The molecule has 8 rings (SSSR count). The third kappa shape index (κ3) is 2.58. The average molecular weight is 478 g/mol. The first-order chi connectivity index (χ1) is 18.0. The highest BCUT2D eigenvalue weighted by molar-refractivity contribution is 6.15. The maximum Gasteiger partial charge on any atom is 0.344 e. The molecule has 1 aliphatic carbocycles. The highest BCUT2D eigenvalue weighted by Crippen LogP contribution is 2.51. The highest BCUT2D eigenvalue weighted by atomic mass is 16.4. The zero-order chi connectivity index (χ0) is 24.9. The van der Waals surface area contributed by atoms with Crippen LogP contribution in [0.2, 0.25) is 0 Å². The van der Waals surface area contributed by atoms with E-state index < -0.39 is 0 Å². The van der Waals surface area contributed by atoms with E-state index in [-0.39, 0.29) is 11.0 Å². The molecule has 1 aliphatic rings. The number of rotatable bonds is 1. The molecule has 3 heteroatoms. The maximum atomic E-state index is 12.7. The number of hydrogen-bond donors (Lipinski definition) is 0. The van der Waals surface area contributed by atoms with Crippen molar-refractivity contribution in [2.24, 2.45) is 0 Å². The van der Waals surface area contributed by atoms with Crippen molar-refractivity contribution in [3.63, 3.8) is 0 Å². The molecular weight excluding hydrogens is 454 g/mol. The molecule has 3 nitrogen and oxygen atoms in total. The zero-order valence-corrected chi connectivity index (χ0v) is 20.6. The topological polar surface area (TPSA) is 35.1 Å². The summed E-state index contributed by atoms with van der Waals surface area (Å²) < 4.78 is 8.16. The van der Waals surface area contributed by atoms with E-state index in [0.717, 1.165) is 27.5 Å². The van der Waals surface area contributed by atoms with Crippen LogP contribution in [0.4, 0.5) is 0 Å². The molecule has 7 aromatic rings. The van der Waals surface area contributed by atoms with Crippen LogP contribution < -0.4 is 5.63 Å². The Hall–Kier alpha value is -4.63. The molecule has 0 fully saturated rings. The molecule has 0 aliphatic heterocycles. The second-order valence-electron chi connectivity index (χ2n) is 10.5. The first-order valence-corrected chi connectivity index (χ1v) is 12.7. The summed E-state index contributed by atoms with van der Waals surface area (Å²) in [4.78, 5) is 12.7. The minimum absolute atomic E-state index is 0.0976. The summed E-state index contributed by atoms with van der Waals surface area (Å²) in [5.74, 6) is 0. The molecule has 37 heavy (non-hydrogen) atoms. The van der Waals surface area contributed by atoms with E-state index in [2.05, 4.69) is 85.1 Å². The van der Waals surface area contributed by atoms with Crippen LogP contribution in [0.25, 0.3) is 60.4 Å². The summed E-state index contributed by atoms with van der Waals surface area (Å²) in [6.07, 6.45) is 0. The van der Waals surface area contributed by atoms with E-state index in [9.17, 15) is 4.79 Å². The zero-order valence-electron chi connectivity index (χ0n) is 20.6. The lowest BCUT2D eigenvalue weighted by molar-refractivity contribution is 0.569. The number of hydrogen-bond acceptors (Lipinski definition) is 2.